The van der Waals surface area contributed by atoms with Crippen LogP contribution >= 0.6 is 7.60 Å². The van der Waals surface area contributed by atoms with Gasteiger partial charge in [0.25, 0.3) is 0 Å². The fourth-order valence-electron chi connectivity index (χ4n) is 0.408. The molecule has 0 amide bonds. The van der Waals surface area contributed by atoms with E-state index in [2.05, 4.69) is 9.05 Å². The Balaban J connectivity index is 2.70. The molecule has 0 saturated carbocycles. The molecule has 0 spiro atoms. The van der Waals surface area contributed by atoms with E-state index < -0.39 is 13.6 Å². The monoisotopic (exact) mass is 136 g/mol. The van der Waals surface area contributed by atoms with Crippen LogP contribution in [-0.2, 0) is 18.4 Å². The molecule has 5 heteroatoms. The van der Waals surface area contributed by atoms with Gasteiger partial charge in [-0.15, -0.1) is 0 Å². The molecule has 1 saturated heterocycles. The lowest BCUT2D eigenvalue weighted by Gasteiger charge is -1.96. The van der Waals surface area contributed by atoms with Crippen LogP contribution in [-0.4, -0.2) is 19.2 Å². The van der Waals surface area contributed by atoms with Gasteiger partial charge < -0.3 is 4.52 Å². The van der Waals surface area contributed by atoms with Crippen molar-refractivity contribution in [2.45, 2.75) is 0 Å². The van der Waals surface area contributed by atoms with Crippen molar-refractivity contribution in [2.75, 3.05) is 13.3 Å². The van der Waals surface area contributed by atoms with Crippen molar-refractivity contribution in [3.8, 4) is 0 Å². The van der Waals surface area contributed by atoms with Gasteiger partial charge in [-0.3, -0.25) is 4.52 Å². The predicted octanol–water partition coefficient (Wildman–Crippen LogP) is 0.383. The van der Waals surface area contributed by atoms with Crippen molar-refractivity contribution in [1.29, 1.82) is 0 Å². The van der Waals surface area contributed by atoms with Gasteiger partial charge in [-0.1, -0.05) is 0 Å². The van der Waals surface area contributed by atoms with Crippen molar-refractivity contribution in [2.24, 2.45) is 0 Å². The zero-order chi connectivity index (χ0) is 6.20. The molecule has 1 rings (SSSR count). The van der Waals surface area contributed by atoms with Gasteiger partial charge in [0, 0.05) is 0 Å². The Labute approximate surface area is 46.3 Å². The highest BCUT2D eigenvalue weighted by Crippen LogP contribution is 2.47. The van der Waals surface area contributed by atoms with Crippen LogP contribution in [0.4, 0.5) is 0 Å². The Kier molecular flexibility index (Phi) is 1.14. The van der Waals surface area contributed by atoms with E-state index in [1.807, 2.05) is 0 Å². The second kappa shape index (κ2) is 1.57. The molecule has 8 heavy (non-hydrogen) atoms. The fraction of sp³-hybridized carbons (Fsp3) is 0.667. The minimum atomic E-state index is -2.95. The molecule has 0 aromatic carbocycles. The molecule has 0 radical (unpaired) electrons. The number of carbonyl (C=O) groups is 1. The highest BCUT2D eigenvalue weighted by Gasteiger charge is 2.30. The molecule has 1 heterocycles. The summed E-state index contributed by atoms with van der Waals surface area (Å²) in [5.74, 6) is -0.546. The third-order valence-corrected chi connectivity index (χ3v) is 1.82. The van der Waals surface area contributed by atoms with Crippen LogP contribution in [0.5, 0.6) is 0 Å². The predicted molar refractivity (Wildman–Crippen MR) is 25.6 cm³/mol. The summed E-state index contributed by atoms with van der Waals surface area (Å²) in [5.41, 5.74) is 0. The fourth-order valence-corrected chi connectivity index (χ4v) is 1.22. The van der Waals surface area contributed by atoms with Crippen LogP contribution in [0.3, 0.4) is 0 Å². The van der Waals surface area contributed by atoms with Crippen molar-refractivity contribution >= 4 is 13.6 Å². The molecule has 1 aliphatic rings. The molecule has 0 aromatic rings. The maximum atomic E-state index is 10.6. The van der Waals surface area contributed by atoms with E-state index in [1.54, 1.807) is 0 Å². The normalized spacial score (nSPS) is 37.4. The Morgan fingerprint density at radius 1 is 1.75 bits per heavy atom. The van der Waals surface area contributed by atoms with Gasteiger partial charge in [-0.05, 0) is 0 Å². The largest absolute Gasteiger partial charge is 0.390 e. The van der Waals surface area contributed by atoms with Crippen molar-refractivity contribution in [3.63, 3.8) is 0 Å². The van der Waals surface area contributed by atoms with Gasteiger partial charge in [0.1, 0.15) is 0 Å². The van der Waals surface area contributed by atoms with Crippen molar-refractivity contribution < 1.29 is 18.4 Å². The van der Waals surface area contributed by atoms with Crippen LogP contribution in [0.15, 0.2) is 0 Å². The maximum Gasteiger partial charge on any atom is 0.378 e. The van der Waals surface area contributed by atoms with Crippen LogP contribution < -0.4 is 0 Å². The summed E-state index contributed by atoms with van der Waals surface area (Å²) in [4.78, 5) is 10.1. The third-order valence-electron chi connectivity index (χ3n) is 0.685. The molecule has 0 N–H and O–H groups in total. The Bertz CT molecular complexity index is 163. The number of hydrogen-bond acceptors (Lipinski definition) is 4. The second-order valence-corrected chi connectivity index (χ2v) is 3.49. The zero-order valence-corrected chi connectivity index (χ0v) is 5.18. The lowest BCUT2D eigenvalue weighted by molar-refractivity contribution is -0.132. The van der Waals surface area contributed by atoms with Crippen LogP contribution in [0.25, 0.3) is 0 Å². The minimum Gasteiger partial charge on any atom is -0.390 e. The Morgan fingerprint density at radius 3 is 2.50 bits per heavy atom. The summed E-state index contributed by atoms with van der Waals surface area (Å²) in [7, 11) is -2.95. The summed E-state index contributed by atoms with van der Waals surface area (Å²) in [6, 6.07) is 0. The molecule has 4 nitrogen and oxygen atoms in total. The molecule has 0 aromatic heterocycles. The first-order valence-electron chi connectivity index (χ1n) is 2.05. The van der Waals surface area contributed by atoms with E-state index in [9.17, 15) is 9.36 Å². The van der Waals surface area contributed by atoms with E-state index in [0.717, 1.165) is 0 Å². The van der Waals surface area contributed by atoms with Gasteiger partial charge in [-0.25, -0.2) is 9.36 Å². The first kappa shape index (κ1) is 5.79. The quantitative estimate of drug-likeness (QED) is 0.452. The summed E-state index contributed by atoms with van der Waals surface area (Å²) >= 11 is 0. The Hall–Kier alpha value is -0.340. The summed E-state index contributed by atoms with van der Waals surface area (Å²) in [6.07, 6.45) is 0. The second-order valence-electron chi connectivity index (χ2n) is 1.51. The molecule has 1 fully saturated rings. The van der Waals surface area contributed by atoms with E-state index in [4.69, 9.17) is 0 Å². The average molecular weight is 136 g/mol. The SMILES string of the molecule is CP1(=O)OCC(=O)O1. The van der Waals surface area contributed by atoms with E-state index in [-0.39, 0.29) is 6.61 Å². The van der Waals surface area contributed by atoms with Crippen molar-refractivity contribution in [1.82, 2.24) is 0 Å². The van der Waals surface area contributed by atoms with Crippen LogP contribution in [0.2, 0.25) is 0 Å². The molecule has 1 unspecified atom stereocenters. The minimum absolute atomic E-state index is 0.173. The molecule has 1 atom stereocenters. The maximum absolute atomic E-state index is 10.6. The smallest absolute Gasteiger partial charge is 0.378 e. The number of carbonyl (C=O) groups excluding carboxylic acids is 1. The van der Waals surface area contributed by atoms with E-state index >= 15 is 0 Å². The molecule has 0 aliphatic carbocycles. The zero-order valence-electron chi connectivity index (χ0n) is 4.29. The van der Waals surface area contributed by atoms with Crippen LogP contribution in [0.1, 0.15) is 0 Å². The number of hydrogen-bond donors (Lipinski definition) is 0. The van der Waals surface area contributed by atoms with Gasteiger partial charge in [-0.2, -0.15) is 0 Å². The summed E-state index contributed by atoms with van der Waals surface area (Å²) < 4.78 is 19.2. The van der Waals surface area contributed by atoms with Gasteiger partial charge >= 0.3 is 13.6 Å². The first-order valence-corrected chi connectivity index (χ1v) is 4.04. The molecule has 46 valence electrons. The van der Waals surface area contributed by atoms with Crippen LogP contribution in [0, 0.1) is 0 Å². The highest BCUT2D eigenvalue weighted by molar-refractivity contribution is 7.54. The number of rotatable bonds is 0. The highest BCUT2D eigenvalue weighted by atomic mass is 31.2. The molecule has 1 aliphatic heterocycles. The summed E-state index contributed by atoms with van der Waals surface area (Å²) in [5, 5.41) is 0. The van der Waals surface area contributed by atoms with Gasteiger partial charge in [0.2, 0.25) is 0 Å². The van der Waals surface area contributed by atoms with Gasteiger partial charge in [0.15, 0.2) is 6.61 Å². The van der Waals surface area contributed by atoms with Gasteiger partial charge in [0.05, 0.1) is 6.66 Å². The van der Waals surface area contributed by atoms with E-state index in [1.165, 1.54) is 6.66 Å². The first-order chi connectivity index (χ1) is 3.60. The molecular weight excluding hydrogens is 131 g/mol. The Morgan fingerprint density at radius 2 is 2.38 bits per heavy atom. The van der Waals surface area contributed by atoms with Crippen molar-refractivity contribution in [3.05, 3.63) is 0 Å². The third kappa shape index (κ3) is 1.08. The lowest BCUT2D eigenvalue weighted by atomic mass is 10.8. The topological polar surface area (TPSA) is 52.6 Å². The standard InChI is InChI=1S/C3H5O4P/c1-8(5)6-2-3(4)7-8/h2H2,1H3. The molecule has 0 bridgehead atoms. The molecular formula is C3H5O4P. The lowest BCUT2D eigenvalue weighted by Crippen LogP contribution is -1.94. The average Bonchev–Trinajstić information content (AvgIpc) is 1.82. The van der Waals surface area contributed by atoms with E-state index in [0.29, 0.717) is 0 Å². The summed E-state index contributed by atoms with van der Waals surface area (Å²) in [6.45, 7) is 1.09.